The van der Waals surface area contributed by atoms with Gasteiger partial charge in [0.1, 0.15) is 0 Å². The van der Waals surface area contributed by atoms with Crippen LogP contribution in [0.4, 0.5) is 5.69 Å². The van der Waals surface area contributed by atoms with Gasteiger partial charge in [0.05, 0.1) is 10.2 Å². The van der Waals surface area contributed by atoms with E-state index in [2.05, 4.69) is 10.5 Å². The van der Waals surface area contributed by atoms with Gasteiger partial charge in [0.2, 0.25) is 10.7 Å². The number of nitrogens with zero attached hydrogens (tertiary/aromatic N) is 3. The molecule has 6 nitrogen and oxygen atoms in total. The Balaban J connectivity index is 1.59. The highest BCUT2D eigenvalue weighted by Gasteiger charge is 2.23. The van der Waals surface area contributed by atoms with Crippen LogP contribution in [0.15, 0.2) is 47.6 Å². The van der Waals surface area contributed by atoms with Crippen molar-refractivity contribution in [3.8, 4) is 0 Å². The Labute approximate surface area is 154 Å². The third-order valence-electron chi connectivity index (χ3n) is 4.59. The van der Waals surface area contributed by atoms with E-state index >= 15 is 0 Å². The first-order valence-corrected chi connectivity index (χ1v) is 9.16. The molecule has 2 amide bonds. The van der Waals surface area contributed by atoms with Crippen molar-refractivity contribution in [2.45, 2.75) is 13.3 Å². The van der Waals surface area contributed by atoms with Crippen molar-refractivity contribution in [3.63, 3.8) is 0 Å². The molecule has 3 aromatic rings. The van der Waals surface area contributed by atoms with Crippen LogP contribution in [-0.4, -0.2) is 22.9 Å². The van der Waals surface area contributed by atoms with Crippen LogP contribution in [0.2, 0.25) is 0 Å². The highest BCUT2D eigenvalue weighted by molar-refractivity contribution is 7.16. The molecule has 26 heavy (non-hydrogen) atoms. The molecule has 1 aromatic heterocycles. The lowest BCUT2D eigenvalue weighted by atomic mass is 10.1. The predicted molar refractivity (Wildman–Crippen MR) is 102 cm³/mol. The minimum Gasteiger partial charge on any atom is -0.318 e. The summed E-state index contributed by atoms with van der Waals surface area (Å²) in [6, 6.07) is 13.4. The zero-order chi connectivity index (χ0) is 18.3. The number of carbonyl (C=O) groups excluding carboxylic acids is 2. The van der Waals surface area contributed by atoms with Gasteiger partial charge in [0.25, 0.3) is 5.91 Å². The molecule has 0 atom stereocenters. The van der Waals surface area contributed by atoms with Gasteiger partial charge in [-0.1, -0.05) is 23.5 Å². The molecule has 0 spiro atoms. The second-order valence-corrected chi connectivity index (χ2v) is 7.24. The summed E-state index contributed by atoms with van der Waals surface area (Å²) in [5, 5.41) is 4.27. The van der Waals surface area contributed by atoms with Crippen LogP contribution in [0.5, 0.6) is 0 Å². The largest absolute Gasteiger partial charge is 0.318 e. The lowest BCUT2D eigenvalue weighted by Gasteiger charge is -2.14. The van der Waals surface area contributed by atoms with E-state index in [4.69, 9.17) is 0 Å². The zero-order valence-electron chi connectivity index (χ0n) is 14.5. The van der Waals surface area contributed by atoms with Crippen molar-refractivity contribution in [3.05, 3.63) is 58.4 Å². The molecule has 0 fully saturated rings. The van der Waals surface area contributed by atoms with E-state index in [-0.39, 0.29) is 11.8 Å². The summed E-state index contributed by atoms with van der Waals surface area (Å²) < 4.78 is 3.07. The molecule has 2 aromatic carbocycles. The molecule has 0 saturated heterocycles. The van der Waals surface area contributed by atoms with Gasteiger partial charge in [-0.05, 0) is 42.3 Å². The molecule has 1 N–H and O–H groups in total. The van der Waals surface area contributed by atoms with E-state index in [9.17, 15) is 9.59 Å². The molecule has 1 aliphatic heterocycles. The summed E-state index contributed by atoms with van der Waals surface area (Å²) in [7, 11) is 1.93. The normalized spacial score (nSPS) is 13.9. The Bertz CT molecular complexity index is 1100. The van der Waals surface area contributed by atoms with Crippen LogP contribution in [0, 0.1) is 0 Å². The predicted octanol–water partition coefficient (Wildman–Crippen LogP) is 2.39. The van der Waals surface area contributed by atoms with Gasteiger partial charge in [0.15, 0.2) is 0 Å². The Kier molecular flexibility index (Phi) is 4.08. The average Bonchev–Trinajstić information content (AvgIpc) is 3.21. The molecular weight excluding hydrogens is 348 g/mol. The molecular formula is C19H18N4O2S. The van der Waals surface area contributed by atoms with E-state index in [0.717, 1.165) is 32.7 Å². The fourth-order valence-corrected chi connectivity index (χ4v) is 4.20. The van der Waals surface area contributed by atoms with Crippen molar-refractivity contribution < 1.29 is 9.59 Å². The van der Waals surface area contributed by atoms with E-state index in [0.29, 0.717) is 12.1 Å². The maximum atomic E-state index is 12.5. The number of carbonyl (C=O) groups is 2. The van der Waals surface area contributed by atoms with E-state index in [1.807, 2.05) is 48.0 Å². The number of rotatable bonds is 2. The number of hydrogen-bond donors (Lipinski definition) is 1. The van der Waals surface area contributed by atoms with Gasteiger partial charge in [-0.25, -0.2) is 5.43 Å². The van der Waals surface area contributed by atoms with Gasteiger partial charge in [-0.3, -0.25) is 9.59 Å². The number of para-hydroxylation sites is 1. The summed E-state index contributed by atoms with van der Waals surface area (Å²) in [5.41, 5.74) is 6.16. The fraction of sp³-hybridized carbons (Fsp3) is 0.211. The van der Waals surface area contributed by atoms with Crippen LogP contribution >= 0.6 is 11.3 Å². The summed E-state index contributed by atoms with van der Waals surface area (Å²) >= 11 is 1.52. The van der Waals surface area contributed by atoms with Gasteiger partial charge in [-0.15, -0.1) is 5.10 Å². The lowest BCUT2D eigenvalue weighted by molar-refractivity contribution is -0.116. The number of aromatic nitrogens is 1. The molecule has 0 unspecified atom stereocenters. The summed E-state index contributed by atoms with van der Waals surface area (Å²) in [6.07, 6.45) is 0.762. The van der Waals surface area contributed by atoms with Crippen LogP contribution in [0.25, 0.3) is 10.2 Å². The Hall–Kier alpha value is -2.93. The van der Waals surface area contributed by atoms with Crippen molar-refractivity contribution in [2.75, 3.05) is 11.4 Å². The number of fused-ring (bicyclic) bond motifs is 2. The SMILES string of the molecule is CC(=O)N1CCc2cc(C(=O)N/N=c3\sc4ccccc4n3C)ccc21. The fourth-order valence-electron chi connectivity index (χ4n) is 3.22. The number of nitrogens with one attached hydrogen (secondary N) is 1. The number of thiazole rings is 1. The Morgan fingerprint density at radius 3 is 2.77 bits per heavy atom. The van der Waals surface area contributed by atoms with E-state index in [1.165, 1.54) is 11.3 Å². The zero-order valence-corrected chi connectivity index (χ0v) is 15.3. The van der Waals surface area contributed by atoms with E-state index in [1.54, 1.807) is 17.9 Å². The van der Waals surface area contributed by atoms with Gasteiger partial charge < -0.3 is 9.47 Å². The number of benzene rings is 2. The average molecular weight is 366 g/mol. The molecule has 0 aliphatic carbocycles. The summed E-state index contributed by atoms with van der Waals surface area (Å²) in [5.74, 6) is -0.236. The highest BCUT2D eigenvalue weighted by atomic mass is 32.1. The van der Waals surface area contributed by atoms with Gasteiger partial charge in [-0.2, -0.15) is 0 Å². The first-order chi connectivity index (χ1) is 12.5. The Morgan fingerprint density at radius 2 is 2.00 bits per heavy atom. The smallest absolute Gasteiger partial charge is 0.271 e. The summed E-state index contributed by atoms with van der Waals surface area (Å²) in [4.78, 5) is 26.6. The molecule has 7 heteroatoms. The summed E-state index contributed by atoms with van der Waals surface area (Å²) in [6.45, 7) is 2.22. The van der Waals surface area contributed by atoms with Crippen LogP contribution in [0.1, 0.15) is 22.8 Å². The molecule has 0 saturated carbocycles. The van der Waals surface area contributed by atoms with Crippen LogP contribution < -0.4 is 15.1 Å². The van der Waals surface area contributed by atoms with Crippen LogP contribution in [0.3, 0.4) is 0 Å². The maximum Gasteiger partial charge on any atom is 0.271 e. The third kappa shape index (κ3) is 2.80. The lowest BCUT2D eigenvalue weighted by Crippen LogP contribution is -2.25. The monoisotopic (exact) mass is 366 g/mol. The first-order valence-electron chi connectivity index (χ1n) is 8.34. The minimum absolute atomic E-state index is 0.0215. The topological polar surface area (TPSA) is 66.7 Å². The molecule has 0 radical (unpaired) electrons. The van der Waals surface area contributed by atoms with Crippen molar-refractivity contribution in [1.29, 1.82) is 0 Å². The van der Waals surface area contributed by atoms with Crippen LogP contribution in [-0.2, 0) is 18.3 Å². The second-order valence-electron chi connectivity index (χ2n) is 6.23. The van der Waals surface area contributed by atoms with E-state index < -0.39 is 0 Å². The maximum absolute atomic E-state index is 12.5. The van der Waals surface area contributed by atoms with Crippen molar-refractivity contribution in [1.82, 2.24) is 9.99 Å². The quantitative estimate of drug-likeness (QED) is 0.708. The standard InChI is InChI=1S/C19H18N4O2S/c1-12(24)23-10-9-13-11-14(7-8-15(13)23)18(25)20-21-19-22(2)16-5-3-4-6-17(16)26-19/h3-8,11H,9-10H2,1-2H3,(H,20,25)/b21-19-. The number of aryl methyl sites for hydroxylation is 1. The molecule has 4 rings (SSSR count). The molecule has 2 heterocycles. The molecule has 0 bridgehead atoms. The number of anilines is 1. The Morgan fingerprint density at radius 1 is 1.19 bits per heavy atom. The van der Waals surface area contributed by atoms with Gasteiger partial charge >= 0.3 is 0 Å². The second kappa shape index (κ2) is 6.42. The van der Waals surface area contributed by atoms with Gasteiger partial charge in [0, 0.05) is 31.8 Å². The molecule has 132 valence electrons. The first kappa shape index (κ1) is 16.5. The molecule has 1 aliphatic rings. The number of hydrogen-bond acceptors (Lipinski definition) is 4. The highest BCUT2D eigenvalue weighted by Crippen LogP contribution is 2.28. The number of amides is 2. The minimum atomic E-state index is -0.258. The third-order valence-corrected chi connectivity index (χ3v) is 5.70. The van der Waals surface area contributed by atoms with Crippen molar-refractivity contribution >= 4 is 39.1 Å². The van der Waals surface area contributed by atoms with Crippen molar-refractivity contribution in [2.24, 2.45) is 12.1 Å².